The van der Waals surface area contributed by atoms with Gasteiger partial charge in [0.2, 0.25) is 0 Å². The predicted octanol–water partition coefficient (Wildman–Crippen LogP) is 2.67. The van der Waals surface area contributed by atoms with E-state index in [4.69, 9.17) is 0 Å². The summed E-state index contributed by atoms with van der Waals surface area (Å²) in [6.07, 6.45) is 3.23. The summed E-state index contributed by atoms with van der Waals surface area (Å²) in [5.74, 6) is 0. The number of rotatable bonds is 3. The topological polar surface area (TPSA) is 59.3 Å². The molecule has 86 valence electrons. The molecule has 0 radical (unpaired) electrons. The van der Waals surface area contributed by atoms with Gasteiger partial charge in [-0.3, -0.25) is 10.1 Å². The molecule has 0 bridgehead atoms. The number of aromatic nitrogens is 1. The second kappa shape index (κ2) is 5.07. The normalized spacial score (nSPS) is 11.4. The molecule has 0 saturated carbocycles. The molecule has 0 aromatic carbocycles. The SMILES string of the molecule is C/C(=C\c1ncc(Br)cc1[N+](=O)[O-])N(C)C. The molecule has 0 amide bonds. The molecule has 0 fully saturated rings. The maximum Gasteiger partial charge on any atom is 0.296 e. The van der Waals surface area contributed by atoms with Crippen LogP contribution in [0.3, 0.4) is 0 Å². The van der Waals surface area contributed by atoms with Crippen LogP contribution in [0.4, 0.5) is 5.69 Å². The summed E-state index contributed by atoms with van der Waals surface area (Å²) in [6, 6.07) is 1.45. The van der Waals surface area contributed by atoms with Crippen LogP contribution >= 0.6 is 15.9 Å². The van der Waals surface area contributed by atoms with Crippen molar-refractivity contribution in [2.24, 2.45) is 0 Å². The molecule has 1 heterocycles. The molecule has 0 saturated heterocycles. The summed E-state index contributed by atoms with van der Waals surface area (Å²) < 4.78 is 0.596. The van der Waals surface area contributed by atoms with E-state index in [1.807, 2.05) is 25.9 Å². The van der Waals surface area contributed by atoms with E-state index in [9.17, 15) is 10.1 Å². The highest BCUT2D eigenvalue weighted by atomic mass is 79.9. The van der Waals surface area contributed by atoms with Crippen molar-refractivity contribution in [1.82, 2.24) is 9.88 Å². The lowest BCUT2D eigenvalue weighted by Gasteiger charge is -2.12. The molecule has 0 unspecified atom stereocenters. The molecule has 0 aliphatic heterocycles. The summed E-state index contributed by atoms with van der Waals surface area (Å²) in [6.45, 7) is 1.87. The molecule has 1 aromatic rings. The first-order chi connectivity index (χ1) is 7.41. The lowest BCUT2D eigenvalue weighted by Crippen LogP contribution is -2.08. The van der Waals surface area contributed by atoms with Crippen LogP contribution in [0.2, 0.25) is 0 Å². The van der Waals surface area contributed by atoms with Crippen LogP contribution < -0.4 is 0 Å². The predicted molar refractivity (Wildman–Crippen MR) is 65.9 cm³/mol. The van der Waals surface area contributed by atoms with E-state index in [-0.39, 0.29) is 5.69 Å². The Morgan fingerprint density at radius 2 is 2.25 bits per heavy atom. The zero-order chi connectivity index (χ0) is 12.3. The molecule has 5 nitrogen and oxygen atoms in total. The van der Waals surface area contributed by atoms with E-state index >= 15 is 0 Å². The van der Waals surface area contributed by atoms with Crippen LogP contribution in [0, 0.1) is 10.1 Å². The zero-order valence-corrected chi connectivity index (χ0v) is 10.9. The first-order valence-electron chi connectivity index (χ1n) is 4.57. The van der Waals surface area contributed by atoms with E-state index in [0.717, 1.165) is 5.70 Å². The molecule has 0 aliphatic carbocycles. The number of allylic oxidation sites excluding steroid dienone is 1. The van der Waals surface area contributed by atoms with E-state index < -0.39 is 4.92 Å². The number of nitrogens with zero attached hydrogens (tertiary/aromatic N) is 3. The third-order valence-corrected chi connectivity index (χ3v) is 2.55. The van der Waals surface area contributed by atoms with Gasteiger partial charge in [-0.2, -0.15) is 0 Å². The van der Waals surface area contributed by atoms with Gasteiger partial charge >= 0.3 is 0 Å². The largest absolute Gasteiger partial charge is 0.381 e. The van der Waals surface area contributed by atoms with Gasteiger partial charge in [-0.1, -0.05) is 0 Å². The van der Waals surface area contributed by atoms with Gasteiger partial charge in [0.25, 0.3) is 5.69 Å². The molecule has 1 aromatic heterocycles. The van der Waals surface area contributed by atoms with Crippen molar-refractivity contribution in [2.45, 2.75) is 6.92 Å². The Morgan fingerprint density at radius 1 is 1.62 bits per heavy atom. The number of nitro groups is 1. The Labute approximate surface area is 102 Å². The van der Waals surface area contributed by atoms with Crippen LogP contribution in [0.15, 0.2) is 22.4 Å². The average Bonchev–Trinajstić information content (AvgIpc) is 2.20. The quantitative estimate of drug-likeness (QED) is 0.633. The van der Waals surface area contributed by atoms with E-state index in [1.165, 1.54) is 6.07 Å². The summed E-state index contributed by atoms with van der Waals surface area (Å²) in [5, 5.41) is 10.8. The first kappa shape index (κ1) is 12.6. The van der Waals surface area contributed by atoms with Crippen molar-refractivity contribution in [3.63, 3.8) is 0 Å². The number of halogens is 1. The lowest BCUT2D eigenvalue weighted by molar-refractivity contribution is -0.385. The van der Waals surface area contributed by atoms with Crippen molar-refractivity contribution in [3.05, 3.63) is 38.2 Å². The van der Waals surface area contributed by atoms with Gasteiger partial charge in [-0.15, -0.1) is 0 Å². The summed E-state index contributed by atoms with van der Waals surface area (Å²) >= 11 is 3.16. The van der Waals surface area contributed by atoms with Gasteiger partial charge in [0, 0.05) is 36.5 Å². The van der Waals surface area contributed by atoms with Crippen LogP contribution in [0.5, 0.6) is 0 Å². The van der Waals surface area contributed by atoms with Crippen LogP contribution in [-0.2, 0) is 0 Å². The van der Waals surface area contributed by atoms with Gasteiger partial charge < -0.3 is 4.90 Å². The van der Waals surface area contributed by atoms with Gasteiger partial charge in [-0.25, -0.2) is 4.98 Å². The van der Waals surface area contributed by atoms with Gasteiger partial charge in [0.1, 0.15) is 5.69 Å². The van der Waals surface area contributed by atoms with Gasteiger partial charge in [0.05, 0.1) is 4.92 Å². The maximum atomic E-state index is 10.8. The highest BCUT2D eigenvalue weighted by Crippen LogP contribution is 2.23. The average molecular weight is 286 g/mol. The Bertz CT molecular complexity index is 444. The smallest absolute Gasteiger partial charge is 0.296 e. The summed E-state index contributed by atoms with van der Waals surface area (Å²) in [5.41, 5.74) is 1.26. The third-order valence-electron chi connectivity index (χ3n) is 2.11. The highest BCUT2D eigenvalue weighted by Gasteiger charge is 2.14. The fraction of sp³-hybridized carbons (Fsp3) is 0.300. The first-order valence-corrected chi connectivity index (χ1v) is 5.36. The molecule has 0 spiro atoms. The van der Waals surface area contributed by atoms with Crippen LogP contribution in [0.1, 0.15) is 12.6 Å². The van der Waals surface area contributed by atoms with Crippen molar-refractivity contribution >= 4 is 27.7 Å². The van der Waals surface area contributed by atoms with Crippen LogP contribution in [-0.4, -0.2) is 28.9 Å². The number of pyridine rings is 1. The van der Waals surface area contributed by atoms with Crippen LogP contribution in [0.25, 0.3) is 6.08 Å². The van der Waals surface area contributed by atoms with E-state index in [1.54, 1.807) is 12.3 Å². The van der Waals surface area contributed by atoms with E-state index in [2.05, 4.69) is 20.9 Å². The van der Waals surface area contributed by atoms with Gasteiger partial charge in [-0.05, 0) is 28.9 Å². The maximum absolute atomic E-state index is 10.8. The minimum atomic E-state index is -0.438. The molecule has 0 aliphatic rings. The second-order valence-corrected chi connectivity index (χ2v) is 4.41. The van der Waals surface area contributed by atoms with Crippen molar-refractivity contribution in [3.8, 4) is 0 Å². The molecule has 0 N–H and O–H groups in total. The van der Waals surface area contributed by atoms with Crippen molar-refractivity contribution in [1.29, 1.82) is 0 Å². The standard InChI is InChI=1S/C10H12BrN3O2/c1-7(13(2)3)4-9-10(14(15)16)5-8(11)6-12-9/h4-6H,1-3H3/b7-4+. The number of hydrogen-bond acceptors (Lipinski definition) is 4. The summed E-state index contributed by atoms with van der Waals surface area (Å²) in [7, 11) is 3.74. The number of hydrogen-bond donors (Lipinski definition) is 0. The highest BCUT2D eigenvalue weighted by molar-refractivity contribution is 9.10. The molecule has 0 atom stereocenters. The minimum Gasteiger partial charge on any atom is -0.381 e. The second-order valence-electron chi connectivity index (χ2n) is 3.50. The van der Waals surface area contributed by atoms with Crippen molar-refractivity contribution < 1.29 is 4.92 Å². The fourth-order valence-electron chi connectivity index (χ4n) is 1.02. The Balaban J connectivity index is 3.24. The Morgan fingerprint density at radius 3 is 2.75 bits per heavy atom. The molecule has 6 heteroatoms. The Kier molecular flexibility index (Phi) is 4.00. The van der Waals surface area contributed by atoms with Crippen molar-refractivity contribution in [2.75, 3.05) is 14.1 Å². The molecular formula is C10H12BrN3O2. The monoisotopic (exact) mass is 285 g/mol. The molecule has 16 heavy (non-hydrogen) atoms. The lowest BCUT2D eigenvalue weighted by atomic mass is 10.2. The Hall–Kier alpha value is -1.43. The van der Waals surface area contributed by atoms with Gasteiger partial charge in [0.15, 0.2) is 0 Å². The fourth-order valence-corrected chi connectivity index (χ4v) is 1.34. The molecule has 1 rings (SSSR count). The zero-order valence-electron chi connectivity index (χ0n) is 9.27. The summed E-state index contributed by atoms with van der Waals surface area (Å²) in [4.78, 5) is 16.3. The molecular weight excluding hydrogens is 274 g/mol. The minimum absolute atomic E-state index is 0.00410. The van der Waals surface area contributed by atoms with E-state index in [0.29, 0.717) is 10.2 Å². The third kappa shape index (κ3) is 3.03.